The topological polar surface area (TPSA) is 127 Å². The first kappa shape index (κ1) is 33.9. The van der Waals surface area contributed by atoms with Crippen LogP contribution < -0.4 is 0 Å². The SMILES string of the molecule is C/C=C(\C)C(=O)[C@@H]1C[C@]2(C)C(=CC[C@H]2[C@@H]2CC(=O)[C@@H](C(C)(C)O)O[C@@H]2OC(C)=O)[C@]2(C)[C@H](O)C[C@H]3C(C)(C)C(=O)C=C[C@]3(C)[C@@H]12. The number of Topliss-reactive ketones (excluding diaryl/α,β-unsaturated/α-hetero) is 2. The van der Waals surface area contributed by atoms with E-state index in [1.165, 1.54) is 20.8 Å². The van der Waals surface area contributed by atoms with E-state index < -0.39 is 63.6 Å². The number of aliphatic hydroxyl groups excluding tert-OH is 1. The molecule has 2 saturated carbocycles. The van der Waals surface area contributed by atoms with Gasteiger partial charge in [0.25, 0.3) is 0 Å². The fourth-order valence-electron chi connectivity index (χ4n) is 10.8. The van der Waals surface area contributed by atoms with Crippen molar-refractivity contribution < 1.29 is 38.9 Å². The molecule has 5 rings (SSSR count). The molecule has 0 amide bonds. The number of allylic oxidation sites excluding steroid dienone is 5. The minimum Gasteiger partial charge on any atom is -0.436 e. The Bertz CT molecular complexity index is 1390. The fraction of sp³-hybridized carbons (Fsp3) is 0.730. The van der Waals surface area contributed by atoms with Crippen LogP contribution >= 0.6 is 0 Å². The molecule has 0 bridgehead atoms. The van der Waals surface area contributed by atoms with Gasteiger partial charge in [-0.1, -0.05) is 58.4 Å². The molecule has 0 unspecified atom stereocenters. The standard InChI is InChI=1S/C37H52O8/c1-11-19(2)29(42)22-18-36(9)23(21-16-24(39)31(34(6,7)43)45-32(21)44-20(3)38)12-13-25(36)37(10)28(41)17-26-33(4,5)27(40)14-15-35(26,8)30(22)37/h11,13-15,21-23,26,28,30-32,41,43H,12,16-18H2,1-10H3/b19-11+/t21-,22-,23-,26-,28+,30+,31-,32-,35-,36-,37+/m0/s1. The zero-order valence-electron chi connectivity index (χ0n) is 28.6. The largest absolute Gasteiger partial charge is 0.436 e. The zero-order valence-corrected chi connectivity index (χ0v) is 28.6. The fourth-order valence-corrected chi connectivity index (χ4v) is 10.8. The first-order valence-electron chi connectivity index (χ1n) is 16.5. The summed E-state index contributed by atoms with van der Waals surface area (Å²) < 4.78 is 11.8. The number of hydrogen-bond acceptors (Lipinski definition) is 8. The van der Waals surface area contributed by atoms with E-state index in [1.807, 2.05) is 39.8 Å². The maximum atomic E-state index is 14.5. The summed E-state index contributed by atoms with van der Waals surface area (Å²) in [5, 5.41) is 22.9. The van der Waals surface area contributed by atoms with Crippen LogP contribution in [0.4, 0.5) is 0 Å². The lowest BCUT2D eigenvalue weighted by Gasteiger charge is -2.68. The average Bonchev–Trinajstić information content (AvgIpc) is 3.29. The summed E-state index contributed by atoms with van der Waals surface area (Å²) in [7, 11) is 0. The third-order valence-corrected chi connectivity index (χ3v) is 12.9. The van der Waals surface area contributed by atoms with Crippen molar-refractivity contribution in [3.05, 3.63) is 35.5 Å². The number of ether oxygens (including phenoxy) is 2. The minimum atomic E-state index is -1.46. The van der Waals surface area contributed by atoms with Crippen molar-refractivity contribution in [1.82, 2.24) is 0 Å². The molecular formula is C37H52O8. The van der Waals surface area contributed by atoms with Gasteiger partial charge in [-0.2, -0.15) is 0 Å². The summed E-state index contributed by atoms with van der Waals surface area (Å²) in [6, 6.07) is 0. The van der Waals surface area contributed by atoms with Crippen LogP contribution in [0, 0.1) is 51.2 Å². The van der Waals surface area contributed by atoms with Gasteiger partial charge in [-0.15, -0.1) is 0 Å². The van der Waals surface area contributed by atoms with Crippen LogP contribution in [0.3, 0.4) is 0 Å². The van der Waals surface area contributed by atoms with E-state index in [-0.39, 0.29) is 41.5 Å². The van der Waals surface area contributed by atoms with E-state index >= 15 is 0 Å². The molecule has 3 fully saturated rings. The Morgan fingerprint density at radius 2 is 1.76 bits per heavy atom. The molecule has 11 atom stereocenters. The van der Waals surface area contributed by atoms with Crippen molar-refractivity contribution in [3.63, 3.8) is 0 Å². The predicted octanol–water partition coefficient (Wildman–Crippen LogP) is 5.30. The number of esters is 1. The van der Waals surface area contributed by atoms with Crippen LogP contribution in [0.15, 0.2) is 35.5 Å². The lowest BCUT2D eigenvalue weighted by molar-refractivity contribution is -0.249. The van der Waals surface area contributed by atoms with Crippen molar-refractivity contribution in [1.29, 1.82) is 0 Å². The van der Waals surface area contributed by atoms with Crippen molar-refractivity contribution >= 4 is 23.3 Å². The monoisotopic (exact) mass is 624 g/mol. The van der Waals surface area contributed by atoms with Crippen LogP contribution in [-0.2, 0) is 28.7 Å². The van der Waals surface area contributed by atoms with Crippen LogP contribution in [0.2, 0.25) is 0 Å². The zero-order chi connectivity index (χ0) is 33.7. The lowest BCUT2D eigenvalue weighted by Crippen LogP contribution is -2.67. The number of ketones is 3. The Labute approximate surface area is 267 Å². The van der Waals surface area contributed by atoms with Gasteiger partial charge in [-0.25, -0.2) is 0 Å². The van der Waals surface area contributed by atoms with Gasteiger partial charge in [0.05, 0.1) is 11.7 Å². The number of rotatable bonds is 5. The average molecular weight is 625 g/mol. The molecule has 4 aliphatic carbocycles. The Balaban J connectivity index is 1.65. The number of hydrogen-bond donors (Lipinski definition) is 2. The highest BCUT2D eigenvalue weighted by Crippen LogP contribution is 2.74. The van der Waals surface area contributed by atoms with Gasteiger partial charge in [-0.3, -0.25) is 19.2 Å². The minimum absolute atomic E-state index is 0.0337. The molecule has 248 valence electrons. The Morgan fingerprint density at radius 3 is 2.33 bits per heavy atom. The molecule has 0 aromatic rings. The van der Waals surface area contributed by atoms with Gasteiger partial charge in [0.15, 0.2) is 17.3 Å². The van der Waals surface area contributed by atoms with Crippen molar-refractivity contribution in [2.75, 3.05) is 0 Å². The molecule has 1 aliphatic heterocycles. The van der Waals surface area contributed by atoms with Crippen LogP contribution in [-0.4, -0.2) is 57.6 Å². The molecule has 2 N–H and O–H groups in total. The van der Waals surface area contributed by atoms with Gasteiger partial charge in [-0.05, 0) is 87.2 Å². The quantitative estimate of drug-likeness (QED) is 0.240. The summed E-state index contributed by atoms with van der Waals surface area (Å²) in [6.07, 6.45) is 6.26. The third kappa shape index (κ3) is 4.88. The normalized spacial score (nSPS) is 44.4. The van der Waals surface area contributed by atoms with Crippen molar-refractivity contribution in [2.24, 2.45) is 51.2 Å². The van der Waals surface area contributed by atoms with Crippen molar-refractivity contribution in [3.8, 4) is 0 Å². The molecule has 8 heteroatoms. The molecular weight excluding hydrogens is 572 g/mol. The number of aliphatic hydroxyl groups is 2. The lowest BCUT2D eigenvalue weighted by atomic mass is 9.36. The Kier molecular flexibility index (Phi) is 8.15. The van der Waals surface area contributed by atoms with Gasteiger partial charge >= 0.3 is 5.97 Å². The maximum absolute atomic E-state index is 14.5. The van der Waals surface area contributed by atoms with Crippen LogP contribution in [0.1, 0.15) is 94.9 Å². The first-order chi connectivity index (χ1) is 20.6. The summed E-state index contributed by atoms with van der Waals surface area (Å²) in [4.78, 5) is 53.3. The molecule has 45 heavy (non-hydrogen) atoms. The van der Waals surface area contributed by atoms with Crippen LogP contribution in [0.25, 0.3) is 0 Å². The predicted molar refractivity (Wildman–Crippen MR) is 168 cm³/mol. The summed E-state index contributed by atoms with van der Waals surface area (Å²) in [5.41, 5.74) is -2.39. The second kappa shape index (κ2) is 10.8. The molecule has 1 heterocycles. The highest BCUT2D eigenvalue weighted by Gasteiger charge is 2.71. The Hall–Kier alpha value is -2.42. The van der Waals surface area contributed by atoms with E-state index in [4.69, 9.17) is 9.47 Å². The number of fused-ring (bicyclic) bond motifs is 5. The molecule has 1 saturated heterocycles. The first-order valence-corrected chi connectivity index (χ1v) is 16.5. The number of carbonyl (C=O) groups is 4. The maximum Gasteiger partial charge on any atom is 0.304 e. The molecule has 5 aliphatic rings. The van der Waals surface area contributed by atoms with Crippen LogP contribution in [0.5, 0.6) is 0 Å². The van der Waals surface area contributed by atoms with Gasteiger partial charge in [0, 0.05) is 36.0 Å². The van der Waals surface area contributed by atoms with Gasteiger partial charge in [0.1, 0.15) is 6.10 Å². The second-order valence-electron chi connectivity index (χ2n) is 16.4. The van der Waals surface area contributed by atoms with E-state index in [9.17, 15) is 29.4 Å². The molecule has 8 nitrogen and oxygen atoms in total. The van der Waals surface area contributed by atoms with E-state index in [2.05, 4.69) is 26.8 Å². The highest BCUT2D eigenvalue weighted by molar-refractivity contribution is 5.98. The number of carbonyl (C=O) groups excluding carboxylic acids is 4. The van der Waals surface area contributed by atoms with E-state index in [0.29, 0.717) is 24.8 Å². The molecule has 0 radical (unpaired) electrons. The summed E-state index contributed by atoms with van der Waals surface area (Å²) >= 11 is 0. The summed E-state index contributed by atoms with van der Waals surface area (Å²) in [6.45, 7) is 18.3. The van der Waals surface area contributed by atoms with Gasteiger partial charge in [0.2, 0.25) is 6.29 Å². The van der Waals surface area contributed by atoms with E-state index in [0.717, 1.165) is 5.57 Å². The molecule has 0 aromatic carbocycles. The highest BCUT2D eigenvalue weighted by atomic mass is 16.7. The van der Waals surface area contributed by atoms with E-state index in [1.54, 1.807) is 6.08 Å². The molecule has 0 aromatic heterocycles. The van der Waals surface area contributed by atoms with Gasteiger partial charge < -0.3 is 19.7 Å². The Morgan fingerprint density at radius 1 is 1.11 bits per heavy atom. The van der Waals surface area contributed by atoms with Crippen molar-refractivity contribution in [2.45, 2.75) is 119 Å². The third-order valence-electron chi connectivity index (χ3n) is 12.9. The second-order valence-corrected chi connectivity index (χ2v) is 16.4. The summed E-state index contributed by atoms with van der Waals surface area (Å²) in [5.74, 6) is -2.36. The smallest absolute Gasteiger partial charge is 0.304 e. The molecule has 0 spiro atoms.